The molecule has 13 heteroatoms. The van der Waals surface area contributed by atoms with Crippen LogP contribution in [0.2, 0.25) is 10.0 Å². The number of likely N-dealkylation sites (tertiary alicyclic amines) is 1. The van der Waals surface area contributed by atoms with E-state index < -0.39 is 39.8 Å². The number of carboxylic acids is 1. The summed E-state index contributed by atoms with van der Waals surface area (Å²) in [5, 5.41) is 20.3. The van der Waals surface area contributed by atoms with Crippen molar-refractivity contribution in [1.82, 2.24) is 10.2 Å². The monoisotopic (exact) mass is 639 g/mol. The SMILES string of the molecule is CCCCCCCCCCNC1(C#N)CC1.O=C(O)[C@@H]1C[C@@H](S(=O)(=O)c2ccc(Cl)cc2Cl)CN1C=CC(F)(F)F. The van der Waals surface area contributed by atoms with Crippen molar-refractivity contribution in [1.29, 1.82) is 5.26 Å². The highest BCUT2D eigenvalue weighted by Crippen LogP contribution is 2.35. The van der Waals surface area contributed by atoms with E-state index in [0.29, 0.717) is 6.20 Å². The molecule has 41 heavy (non-hydrogen) atoms. The summed E-state index contributed by atoms with van der Waals surface area (Å²) in [6, 6.07) is 4.70. The number of rotatable bonds is 14. The maximum absolute atomic E-state index is 12.7. The second-order valence-corrected chi connectivity index (χ2v) is 13.5. The lowest BCUT2D eigenvalue weighted by Gasteiger charge is -2.18. The van der Waals surface area contributed by atoms with Crippen molar-refractivity contribution in [3.8, 4) is 6.07 Å². The molecule has 3 rings (SSSR count). The first kappa shape index (κ1) is 35.2. The van der Waals surface area contributed by atoms with Gasteiger partial charge in [0, 0.05) is 23.8 Å². The lowest BCUT2D eigenvalue weighted by molar-refractivity contribution is -0.141. The largest absolute Gasteiger partial charge is 0.480 e. The van der Waals surface area contributed by atoms with E-state index in [-0.39, 0.29) is 33.0 Å². The molecule has 1 aliphatic carbocycles. The van der Waals surface area contributed by atoms with Crippen molar-refractivity contribution in [2.45, 2.75) is 105 Å². The van der Waals surface area contributed by atoms with Gasteiger partial charge in [0.25, 0.3) is 0 Å². The number of halogens is 5. The third-order valence-electron chi connectivity index (χ3n) is 7.14. The van der Waals surface area contributed by atoms with E-state index in [9.17, 15) is 26.4 Å². The molecule has 1 aliphatic heterocycles. The van der Waals surface area contributed by atoms with Crippen LogP contribution in [0.3, 0.4) is 0 Å². The lowest BCUT2D eigenvalue weighted by atomic mass is 10.1. The van der Waals surface area contributed by atoms with Crippen LogP contribution in [-0.2, 0) is 14.6 Å². The van der Waals surface area contributed by atoms with Gasteiger partial charge in [0.15, 0.2) is 9.84 Å². The average molecular weight is 641 g/mol. The van der Waals surface area contributed by atoms with E-state index in [2.05, 4.69) is 18.3 Å². The highest BCUT2D eigenvalue weighted by molar-refractivity contribution is 7.92. The molecule has 0 unspecified atom stereocenters. The molecule has 1 aromatic carbocycles. The van der Waals surface area contributed by atoms with E-state index in [0.717, 1.165) is 24.3 Å². The minimum Gasteiger partial charge on any atom is -0.480 e. The molecule has 0 bridgehead atoms. The predicted octanol–water partition coefficient (Wildman–Crippen LogP) is 7.14. The van der Waals surface area contributed by atoms with Crippen molar-refractivity contribution in [2.75, 3.05) is 13.1 Å². The summed E-state index contributed by atoms with van der Waals surface area (Å²) in [6.45, 7) is 2.89. The van der Waals surface area contributed by atoms with Crippen LogP contribution < -0.4 is 5.32 Å². The Hall–Kier alpha value is -2.00. The average Bonchev–Trinajstić information content (AvgIpc) is 3.53. The summed E-state index contributed by atoms with van der Waals surface area (Å²) >= 11 is 11.6. The van der Waals surface area contributed by atoms with Crippen molar-refractivity contribution in [3.63, 3.8) is 0 Å². The van der Waals surface area contributed by atoms with Crippen LogP contribution in [0.15, 0.2) is 35.4 Å². The van der Waals surface area contributed by atoms with Gasteiger partial charge in [-0.2, -0.15) is 18.4 Å². The Labute approximate surface area is 250 Å². The molecule has 230 valence electrons. The minimum absolute atomic E-state index is 0.110. The van der Waals surface area contributed by atoms with Gasteiger partial charge in [-0.25, -0.2) is 13.2 Å². The van der Waals surface area contributed by atoms with Gasteiger partial charge >= 0.3 is 12.1 Å². The smallest absolute Gasteiger partial charge is 0.411 e. The van der Waals surface area contributed by atoms with Gasteiger partial charge in [-0.15, -0.1) is 0 Å². The topological polar surface area (TPSA) is 110 Å². The summed E-state index contributed by atoms with van der Waals surface area (Å²) in [5.74, 6) is -1.41. The van der Waals surface area contributed by atoms with Gasteiger partial charge in [-0.1, -0.05) is 75.1 Å². The number of carbonyl (C=O) groups is 1. The number of allylic oxidation sites excluding steroid dienone is 1. The fourth-order valence-electron chi connectivity index (χ4n) is 4.56. The molecule has 1 saturated carbocycles. The number of nitrogens with one attached hydrogen (secondary N) is 1. The van der Waals surface area contributed by atoms with Crippen LogP contribution in [0.1, 0.15) is 77.6 Å². The van der Waals surface area contributed by atoms with Gasteiger partial charge in [-0.3, -0.25) is 5.32 Å². The molecule has 0 amide bonds. The van der Waals surface area contributed by atoms with Crippen LogP contribution in [-0.4, -0.2) is 60.5 Å². The molecule has 1 heterocycles. The van der Waals surface area contributed by atoms with Crippen LogP contribution in [0.5, 0.6) is 0 Å². The number of nitriles is 1. The minimum atomic E-state index is -4.64. The zero-order chi connectivity index (χ0) is 30.7. The highest BCUT2D eigenvalue weighted by atomic mass is 35.5. The summed E-state index contributed by atoms with van der Waals surface area (Å²) in [7, 11) is -4.05. The fraction of sp³-hybridized carbons (Fsp3) is 0.643. The Morgan fingerprint density at radius 3 is 2.29 bits per heavy atom. The van der Waals surface area contributed by atoms with E-state index >= 15 is 0 Å². The van der Waals surface area contributed by atoms with Crippen molar-refractivity contribution >= 4 is 39.0 Å². The van der Waals surface area contributed by atoms with Gasteiger partial charge in [-0.05, 0) is 50.4 Å². The quantitative estimate of drug-likeness (QED) is 0.208. The maximum atomic E-state index is 12.7. The van der Waals surface area contributed by atoms with E-state index in [4.69, 9.17) is 33.6 Å². The Bertz CT molecular complexity index is 1190. The van der Waals surface area contributed by atoms with Gasteiger partial charge in [0.2, 0.25) is 0 Å². The number of sulfone groups is 1. The number of hydrogen-bond acceptors (Lipinski definition) is 6. The second-order valence-electron chi connectivity index (χ2n) is 10.5. The van der Waals surface area contributed by atoms with Crippen molar-refractivity contribution in [2.24, 2.45) is 0 Å². The van der Waals surface area contributed by atoms with Gasteiger partial charge in [0.1, 0.15) is 11.6 Å². The Morgan fingerprint density at radius 1 is 1.17 bits per heavy atom. The zero-order valence-electron chi connectivity index (χ0n) is 23.1. The number of benzene rings is 1. The maximum Gasteiger partial charge on any atom is 0.411 e. The van der Waals surface area contributed by atoms with Crippen LogP contribution in [0.4, 0.5) is 13.2 Å². The summed E-state index contributed by atoms with van der Waals surface area (Å²) in [5.41, 5.74) is -0.110. The molecule has 2 aliphatic rings. The standard InChI is InChI=1S/C14H12Cl2F3NO4S.C14H26N2/c15-8-1-2-12(10(16)5-8)25(23,24)9-6-11(13(21)22)20(7-9)4-3-14(17,18)19;1-2-3-4-5-6-7-8-9-12-16-14(13-15)10-11-14/h1-5,9,11H,6-7H2,(H,21,22);16H,2-12H2,1H3/t9-,11+;/m1./s1. The van der Waals surface area contributed by atoms with Crippen LogP contribution in [0, 0.1) is 11.3 Å². The summed E-state index contributed by atoms with van der Waals surface area (Å²) in [4.78, 5) is 11.9. The number of carboxylic acid groups (broad SMARTS) is 1. The third-order valence-corrected chi connectivity index (χ3v) is 9.99. The Morgan fingerprint density at radius 2 is 1.78 bits per heavy atom. The number of alkyl halides is 3. The van der Waals surface area contributed by atoms with Crippen molar-refractivity contribution < 1.29 is 31.5 Å². The third kappa shape index (κ3) is 11.7. The molecular formula is C28H38Cl2F3N3O4S. The summed E-state index contributed by atoms with van der Waals surface area (Å²) in [6.07, 6.45) is 8.39. The molecule has 1 aromatic rings. The second kappa shape index (κ2) is 16.0. The zero-order valence-corrected chi connectivity index (χ0v) is 25.4. The molecular weight excluding hydrogens is 602 g/mol. The van der Waals surface area contributed by atoms with E-state index in [1.807, 2.05) is 0 Å². The van der Waals surface area contributed by atoms with E-state index in [1.165, 1.54) is 69.6 Å². The molecule has 0 radical (unpaired) electrons. The number of aliphatic carboxylic acids is 1. The first-order chi connectivity index (χ1) is 19.2. The van der Waals surface area contributed by atoms with Crippen LogP contribution >= 0.6 is 23.2 Å². The number of hydrogen-bond donors (Lipinski definition) is 2. The molecule has 0 aromatic heterocycles. The molecule has 2 fully saturated rings. The van der Waals surface area contributed by atoms with Gasteiger partial charge < -0.3 is 10.0 Å². The first-order valence-corrected chi connectivity index (χ1v) is 16.1. The Kier molecular flexibility index (Phi) is 13.7. The summed E-state index contributed by atoms with van der Waals surface area (Å²) < 4.78 is 62.3. The highest BCUT2D eigenvalue weighted by Gasteiger charge is 2.43. The fourth-order valence-corrected chi connectivity index (χ4v) is 7.04. The van der Waals surface area contributed by atoms with Gasteiger partial charge in [0.05, 0.1) is 21.2 Å². The van der Waals surface area contributed by atoms with E-state index in [1.54, 1.807) is 0 Å². The van der Waals surface area contributed by atoms with Crippen LogP contribution in [0.25, 0.3) is 0 Å². The molecule has 7 nitrogen and oxygen atoms in total. The number of unbranched alkanes of at least 4 members (excludes halogenated alkanes) is 7. The first-order valence-electron chi connectivity index (χ1n) is 13.8. The van der Waals surface area contributed by atoms with Crippen molar-refractivity contribution in [3.05, 3.63) is 40.5 Å². The molecule has 2 atom stereocenters. The molecule has 0 spiro atoms. The number of nitrogens with zero attached hydrogens (tertiary/aromatic N) is 2. The Balaban J connectivity index is 0.000000317. The lowest BCUT2D eigenvalue weighted by Crippen LogP contribution is -2.32. The normalized spacial score (nSPS) is 20.0. The molecule has 1 saturated heterocycles. The molecule has 2 N–H and O–H groups in total. The predicted molar refractivity (Wildman–Crippen MR) is 154 cm³/mol.